The number of carbonyl (C=O) groups excluding carboxylic acids is 1. The fraction of sp³-hybridized carbons (Fsp3) is 0.500. The van der Waals surface area contributed by atoms with E-state index >= 15 is 0 Å². The number of hydrogen-bond acceptors (Lipinski definition) is 5. The first-order chi connectivity index (χ1) is 5.13. The van der Waals surface area contributed by atoms with Crippen LogP contribution in [-0.2, 0) is 9.53 Å². The summed E-state index contributed by atoms with van der Waals surface area (Å²) < 4.78 is 4.13. The van der Waals surface area contributed by atoms with Crippen molar-refractivity contribution >= 4 is 5.97 Å². The second-order valence-corrected chi connectivity index (χ2v) is 1.72. The quantitative estimate of drug-likeness (QED) is 0.310. The largest absolute Gasteiger partial charge is 0.498 e. The maximum atomic E-state index is 10.5. The van der Waals surface area contributed by atoms with Gasteiger partial charge in [-0.1, -0.05) is 0 Å². The average Bonchev–Trinajstić information content (AvgIpc) is 2.02. The lowest BCUT2D eigenvalue weighted by molar-refractivity contribution is -0.139. The highest BCUT2D eigenvalue weighted by Crippen LogP contribution is 1.95. The van der Waals surface area contributed by atoms with Crippen molar-refractivity contribution in [3.63, 3.8) is 0 Å². The number of aliphatic hydroxyl groups is 2. The molecule has 64 valence electrons. The molecule has 0 unspecified atom stereocenters. The second kappa shape index (κ2) is 4.43. The number of rotatable bonds is 3. The summed E-state index contributed by atoms with van der Waals surface area (Å²) in [7, 11) is 1.11. The van der Waals surface area contributed by atoms with Crippen LogP contribution < -0.4 is 5.32 Å². The van der Waals surface area contributed by atoms with Gasteiger partial charge >= 0.3 is 5.97 Å². The summed E-state index contributed by atoms with van der Waals surface area (Å²) in [6.07, 6.45) is 0. The Hall–Kier alpha value is -1.39. The molecule has 0 rings (SSSR count). The van der Waals surface area contributed by atoms with Gasteiger partial charge in [0.15, 0.2) is 0 Å². The van der Waals surface area contributed by atoms with E-state index in [-0.39, 0.29) is 0 Å². The normalized spacial score (nSPS) is 11.8. The molecule has 0 saturated carbocycles. The predicted molar refractivity (Wildman–Crippen MR) is 38.0 cm³/mol. The number of ether oxygens (including phenoxy) is 1. The number of methoxy groups -OCH3 is 1. The molecule has 11 heavy (non-hydrogen) atoms. The van der Waals surface area contributed by atoms with Crippen LogP contribution in [0.1, 0.15) is 6.92 Å². The van der Waals surface area contributed by atoms with Gasteiger partial charge in [0.1, 0.15) is 0 Å². The molecule has 0 heterocycles. The van der Waals surface area contributed by atoms with Gasteiger partial charge in [-0.2, -0.15) is 0 Å². The summed E-state index contributed by atoms with van der Waals surface area (Å²) >= 11 is 0. The summed E-state index contributed by atoms with van der Waals surface area (Å²) in [5, 5.41) is 20.0. The van der Waals surface area contributed by atoms with E-state index in [0.29, 0.717) is 6.54 Å². The van der Waals surface area contributed by atoms with Gasteiger partial charge in [-0.05, 0) is 6.92 Å². The third kappa shape index (κ3) is 2.79. The number of nitrogens with one attached hydrogen (secondary N) is 1. The van der Waals surface area contributed by atoms with Crippen molar-refractivity contribution in [2.24, 2.45) is 0 Å². The van der Waals surface area contributed by atoms with Crippen LogP contribution in [0.3, 0.4) is 0 Å². The van der Waals surface area contributed by atoms with Gasteiger partial charge in [-0.15, -0.1) is 0 Å². The van der Waals surface area contributed by atoms with E-state index in [1.807, 2.05) is 0 Å². The lowest BCUT2D eigenvalue weighted by Gasteiger charge is -2.02. The van der Waals surface area contributed by atoms with Gasteiger partial charge in [0, 0.05) is 6.54 Å². The lowest BCUT2D eigenvalue weighted by atomic mass is 10.5. The highest BCUT2D eigenvalue weighted by atomic mass is 16.5. The number of aliphatic hydroxyl groups excluding tert-OH is 2. The molecule has 0 radical (unpaired) electrons. The fourth-order valence-electron chi connectivity index (χ4n) is 0.445. The highest BCUT2D eigenvalue weighted by Gasteiger charge is 2.12. The minimum Gasteiger partial charge on any atom is -0.498 e. The van der Waals surface area contributed by atoms with Crippen LogP contribution in [0.2, 0.25) is 0 Å². The third-order valence-corrected chi connectivity index (χ3v) is 0.947. The van der Waals surface area contributed by atoms with E-state index in [4.69, 9.17) is 10.2 Å². The molecule has 3 N–H and O–H groups in total. The van der Waals surface area contributed by atoms with Gasteiger partial charge in [-0.25, -0.2) is 4.79 Å². The first-order valence-electron chi connectivity index (χ1n) is 3.07. The zero-order valence-electron chi connectivity index (χ0n) is 6.42. The van der Waals surface area contributed by atoms with Crippen molar-refractivity contribution < 1.29 is 19.7 Å². The highest BCUT2D eigenvalue weighted by molar-refractivity contribution is 5.85. The average molecular weight is 161 g/mol. The molecular weight excluding hydrogens is 150 g/mol. The lowest BCUT2D eigenvalue weighted by Crippen LogP contribution is -2.18. The van der Waals surface area contributed by atoms with Crippen molar-refractivity contribution in [1.29, 1.82) is 0 Å². The Bertz CT molecular complexity index is 175. The van der Waals surface area contributed by atoms with Crippen molar-refractivity contribution in [2.45, 2.75) is 6.92 Å². The van der Waals surface area contributed by atoms with E-state index in [1.165, 1.54) is 0 Å². The molecule has 0 aromatic rings. The molecule has 0 aromatic carbocycles. The first-order valence-corrected chi connectivity index (χ1v) is 3.07. The fourth-order valence-corrected chi connectivity index (χ4v) is 0.445. The molecule has 5 nitrogen and oxygen atoms in total. The molecule has 0 aromatic heterocycles. The van der Waals surface area contributed by atoms with Gasteiger partial charge in [0.2, 0.25) is 5.88 Å². The predicted octanol–water partition coefficient (Wildman–Crippen LogP) is 0.0540. The second-order valence-electron chi connectivity index (χ2n) is 1.72. The topological polar surface area (TPSA) is 78.8 Å². The van der Waals surface area contributed by atoms with E-state index < -0.39 is 17.6 Å². The first kappa shape index (κ1) is 9.61. The van der Waals surface area contributed by atoms with Crippen LogP contribution in [0.15, 0.2) is 11.6 Å². The van der Waals surface area contributed by atoms with E-state index in [9.17, 15) is 4.79 Å². The summed E-state index contributed by atoms with van der Waals surface area (Å²) in [6, 6.07) is 0. The van der Waals surface area contributed by atoms with Crippen molar-refractivity contribution in [3.05, 3.63) is 11.6 Å². The maximum absolute atomic E-state index is 10.5. The van der Waals surface area contributed by atoms with Crippen LogP contribution in [-0.4, -0.2) is 29.8 Å². The Labute approximate surface area is 64.3 Å². The summed E-state index contributed by atoms with van der Waals surface area (Å²) in [5.74, 6) is -2.35. The minimum atomic E-state index is -0.969. The monoisotopic (exact) mass is 161 g/mol. The van der Waals surface area contributed by atoms with Crippen LogP contribution in [0.5, 0.6) is 0 Å². The molecule has 0 spiro atoms. The van der Waals surface area contributed by atoms with E-state index in [0.717, 1.165) is 7.11 Å². The van der Waals surface area contributed by atoms with Gasteiger partial charge in [0.05, 0.1) is 7.11 Å². The molecule has 0 saturated heterocycles. The molecule has 0 aliphatic rings. The Morgan fingerprint density at radius 3 is 2.45 bits per heavy atom. The van der Waals surface area contributed by atoms with Gasteiger partial charge in [0.25, 0.3) is 5.76 Å². The molecule has 0 amide bonds. The number of carbonyl (C=O) groups is 1. The minimum absolute atomic E-state index is 0.410. The molecule has 0 atom stereocenters. The Morgan fingerprint density at radius 2 is 2.09 bits per heavy atom. The van der Waals surface area contributed by atoms with Crippen LogP contribution in [0.25, 0.3) is 0 Å². The van der Waals surface area contributed by atoms with Crippen molar-refractivity contribution in [1.82, 2.24) is 5.32 Å². The molecule has 5 heteroatoms. The summed E-state index contributed by atoms with van der Waals surface area (Å²) in [6.45, 7) is 2.12. The Morgan fingerprint density at radius 1 is 1.55 bits per heavy atom. The zero-order valence-corrected chi connectivity index (χ0v) is 6.42. The van der Waals surface area contributed by atoms with E-state index in [2.05, 4.69) is 10.1 Å². The zero-order chi connectivity index (χ0) is 8.85. The standard InChI is InChI=1S/C6H11NO4/c1-3-7-5(9)4(8)6(10)11-2/h7-9H,3H2,1-2H3. The molecule has 0 aliphatic carbocycles. The number of esters is 1. The molecular formula is C6H11NO4. The smallest absolute Gasteiger partial charge is 0.378 e. The number of hydrogen-bond donors (Lipinski definition) is 3. The molecule has 0 bridgehead atoms. The Balaban J connectivity index is 4.26. The van der Waals surface area contributed by atoms with Crippen LogP contribution in [0, 0.1) is 0 Å². The summed E-state index contributed by atoms with van der Waals surface area (Å²) in [5.41, 5.74) is 0. The van der Waals surface area contributed by atoms with Gasteiger partial charge < -0.3 is 20.3 Å². The maximum Gasteiger partial charge on any atom is 0.378 e. The Kier molecular flexibility index (Phi) is 3.87. The summed E-state index contributed by atoms with van der Waals surface area (Å²) in [4.78, 5) is 10.5. The molecule has 0 fully saturated rings. The van der Waals surface area contributed by atoms with Crippen molar-refractivity contribution in [3.8, 4) is 0 Å². The van der Waals surface area contributed by atoms with Crippen LogP contribution >= 0.6 is 0 Å². The van der Waals surface area contributed by atoms with E-state index in [1.54, 1.807) is 6.92 Å². The van der Waals surface area contributed by atoms with Crippen LogP contribution in [0.4, 0.5) is 0 Å². The molecule has 0 aliphatic heterocycles. The van der Waals surface area contributed by atoms with Crippen molar-refractivity contribution in [2.75, 3.05) is 13.7 Å². The SMILES string of the molecule is CCNC(O)=C(O)C(=O)OC. The van der Waals surface area contributed by atoms with Gasteiger partial charge in [-0.3, -0.25) is 0 Å². The third-order valence-electron chi connectivity index (χ3n) is 0.947.